The molecule has 0 aliphatic carbocycles. The van der Waals surface area contributed by atoms with Gasteiger partial charge < -0.3 is 19.5 Å². The molecular formula is C24H25NO4. The Morgan fingerprint density at radius 2 is 1.72 bits per heavy atom. The molecule has 1 aliphatic rings. The molecule has 0 bridgehead atoms. The number of benzene rings is 3. The van der Waals surface area contributed by atoms with Crippen molar-refractivity contribution in [3.05, 3.63) is 60.2 Å². The van der Waals surface area contributed by atoms with Crippen LogP contribution in [-0.4, -0.2) is 38.2 Å². The molecule has 0 amide bonds. The molecule has 0 saturated carbocycles. The standard InChI is InChI=1S/C24H25NO4/c1-28-22-10-8-20(14-23(22)29-2)25-11-3-4-19(15-25)24(27)18-6-5-17-13-21(26)9-7-16(17)12-18/h5-10,12-14,19,26H,3-4,11,15H2,1-2H3. The summed E-state index contributed by atoms with van der Waals surface area (Å²) in [6.45, 7) is 1.60. The Labute approximate surface area is 170 Å². The largest absolute Gasteiger partial charge is 0.508 e. The van der Waals surface area contributed by atoms with Crippen LogP contribution in [0.4, 0.5) is 5.69 Å². The van der Waals surface area contributed by atoms with E-state index in [9.17, 15) is 9.90 Å². The summed E-state index contributed by atoms with van der Waals surface area (Å²) in [6, 6.07) is 16.8. The van der Waals surface area contributed by atoms with Gasteiger partial charge in [0.1, 0.15) is 5.75 Å². The van der Waals surface area contributed by atoms with Crippen LogP contribution in [0.15, 0.2) is 54.6 Å². The zero-order valence-electron chi connectivity index (χ0n) is 16.7. The van der Waals surface area contributed by atoms with Gasteiger partial charge in [-0.2, -0.15) is 0 Å². The van der Waals surface area contributed by atoms with E-state index in [4.69, 9.17) is 9.47 Å². The predicted molar refractivity (Wildman–Crippen MR) is 114 cm³/mol. The number of nitrogens with zero attached hydrogens (tertiary/aromatic N) is 1. The first-order valence-corrected chi connectivity index (χ1v) is 9.83. The summed E-state index contributed by atoms with van der Waals surface area (Å²) in [5.74, 6) is 1.74. The summed E-state index contributed by atoms with van der Waals surface area (Å²) in [6.07, 6.45) is 1.85. The summed E-state index contributed by atoms with van der Waals surface area (Å²) in [5.41, 5.74) is 1.76. The van der Waals surface area contributed by atoms with Crippen molar-refractivity contribution in [1.82, 2.24) is 0 Å². The number of fused-ring (bicyclic) bond motifs is 1. The van der Waals surface area contributed by atoms with Crippen molar-refractivity contribution >= 4 is 22.2 Å². The second-order valence-electron chi connectivity index (χ2n) is 7.43. The van der Waals surface area contributed by atoms with Crippen molar-refractivity contribution in [2.75, 3.05) is 32.2 Å². The molecule has 0 spiro atoms. The number of carbonyl (C=O) groups excluding carboxylic acids is 1. The van der Waals surface area contributed by atoms with Gasteiger partial charge in [0, 0.05) is 36.3 Å². The number of ketones is 1. The third-order valence-electron chi connectivity index (χ3n) is 5.63. The Hall–Kier alpha value is -3.21. The maximum Gasteiger partial charge on any atom is 0.167 e. The van der Waals surface area contributed by atoms with E-state index in [0.29, 0.717) is 18.0 Å². The predicted octanol–water partition coefficient (Wildman–Crippen LogP) is 4.66. The molecule has 29 heavy (non-hydrogen) atoms. The van der Waals surface area contributed by atoms with Crippen molar-refractivity contribution in [2.24, 2.45) is 5.92 Å². The number of phenolic OH excluding ortho intramolecular Hbond substituents is 1. The highest BCUT2D eigenvalue weighted by molar-refractivity contribution is 6.01. The van der Waals surface area contributed by atoms with Crippen LogP contribution in [0.2, 0.25) is 0 Å². The van der Waals surface area contributed by atoms with Crippen LogP contribution in [0.3, 0.4) is 0 Å². The Morgan fingerprint density at radius 1 is 0.966 bits per heavy atom. The maximum atomic E-state index is 13.2. The smallest absolute Gasteiger partial charge is 0.167 e. The van der Waals surface area contributed by atoms with Crippen LogP contribution in [0.5, 0.6) is 17.2 Å². The normalized spacial score (nSPS) is 16.6. The zero-order chi connectivity index (χ0) is 20.4. The fourth-order valence-electron chi connectivity index (χ4n) is 4.07. The molecule has 3 aromatic rings. The highest BCUT2D eigenvalue weighted by atomic mass is 16.5. The summed E-state index contributed by atoms with van der Waals surface area (Å²) in [4.78, 5) is 15.4. The highest BCUT2D eigenvalue weighted by Gasteiger charge is 2.27. The van der Waals surface area contributed by atoms with Crippen molar-refractivity contribution < 1.29 is 19.4 Å². The van der Waals surface area contributed by atoms with Crippen molar-refractivity contribution in [1.29, 1.82) is 0 Å². The molecule has 3 aromatic carbocycles. The second-order valence-corrected chi connectivity index (χ2v) is 7.43. The van der Waals surface area contributed by atoms with Crippen LogP contribution in [-0.2, 0) is 0 Å². The van der Waals surface area contributed by atoms with Gasteiger partial charge in [0.15, 0.2) is 17.3 Å². The lowest BCUT2D eigenvalue weighted by atomic mass is 9.89. The molecule has 0 radical (unpaired) electrons. The number of hydrogen-bond donors (Lipinski definition) is 1. The first-order valence-electron chi connectivity index (χ1n) is 9.83. The second kappa shape index (κ2) is 8.03. The van der Waals surface area contributed by atoms with E-state index < -0.39 is 0 Å². The van der Waals surface area contributed by atoms with Gasteiger partial charge in [-0.1, -0.05) is 18.2 Å². The summed E-state index contributed by atoms with van der Waals surface area (Å²) < 4.78 is 10.7. The zero-order valence-corrected chi connectivity index (χ0v) is 16.7. The van der Waals surface area contributed by atoms with Gasteiger partial charge in [-0.25, -0.2) is 0 Å². The van der Waals surface area contributed by atoms with Crippen molar-refractivity contribution in [3.8, 4) is 17.2 Å². The molecule has 1 fully saturated rings. The summed E-state index contributed by atoms with van der Waals surface area (Å²) in [5, 5.41) is 11.5. The van der Waals surface area contributed by atoms with Gasteiger partial charge in [-0.15, -0.1) is 0 Å². The van der Waals surface area contributed by atoms with E-state index in [2.05, 4.69) is 4.90 Å². The molecule has 1 heterocycles. The van der Waals surface area contributed by atoms with E-state index in [1.165, 1.54) is 0 Å². The molecule has 5 heteroatoms. The Bertz CT molecular complexity index is 1050. The molecule has 1 saturated heterocycles. The number of piperidine rings is 1. The van der Waals surface area contributed by atoms with Crippen LogP contribution in [0.1, 0.15) is 23.2 Å². The SMILES string of the molecule is COc1ccc(N2CCCC(C(=O)c3ccc4cc(O)ccc4c3)C2)cc1OC. The molecule has 1 N–H and O–H groups in total. The quantitative estimate of drug-likeness (QED) is 0.641. The van der Waals surface area contributed by atoms with Gasteiger partial charge in [0.05, 0.1) is 14.2 Å². The molecular weight excluding hydrogens is 366 g/mol. The van der Waals surface area contributed by atoms with Crippen LogP contribution in [0.25, 0.3) is 10.8 Å². The topological polar surface area (TPSA) is 59.0 Å². The molecule has 150 valence electrons. The molecule has 0 aromatic heterocycles. The van der Waals surface area contributed by atoms with Crippen LogP contribution < -0.4 is 14.4 Å². The number of hydrogen-bond acceptors (Lipinski definition) is 5. The van der Waals surface area contributed by atoms with E-state index >= 15 is 0 Å². The molecule has 4 rings (SSSR count). The Balaban J connectivity index is 1.55. The van der Waals surface area contributed by atoms with Gasteiger partial charge in [0.25, 0.3) is 0 Å². The molecule has 1 aliphatic heterocycles. The van der Waals surface area contributed by atoms with Gasteiger partial charge in [0.2, 0.25) is 0 Å². The minimum absolute atomic E-state index is 0.0496. The minimum atomic E-state index is -0.0496. The number of anilines is 1. The van der Waals surface area contributed by atoms with E-state index in [-0.39, 0.29) is 17.5 Å². The number of rotatable bonds is 5. The van der Waals surface area contributed by atoms with Crippen molar-refractivity contribution in [3.63, 3.8) is 0 Å². The van der Waals surface area contributed by atoms with E-state index in [1.54, 1.807) is 26.4 Å². The number of phenols is 1. The van der Waals surface area contributed by atoms with Crippen molar-refractivity contribution in [2.45, 2.75) is 12.8 Å². The highest BCUT2D eigenvalue weighted by Crippen LogP contribution is 2.34. The fourth-order valence-corrected chi connectivity index (χ4v) is 4.07. The first-order chi connectivity index (χ1) is 14.1. The van der Waals surface area contributed by atoms with Crippen LogP contribution in [0, 0.1) is 5.92 Å². The van der Waals surface area contributed by atoms with Gasteiger partial charge >= 0.3 is 0 Å². The number of methoxy groups -OCH3 is 2. The lowest BCUT2D eigenvalue weighted by Gasteiger charge is -2.34. The maximum absolute atomic E-state index is 13.2. The Kier molecular flexibility index (Phi) is 5.30. The molecule has 1 atom stereocenters. The van der Waals surface area contributed by atoms with Gasteiger partial charge in [-0.3, -0.25) is 4.79 Å². The van der Waals surface area contributed by atoms with Gasteiger partial charge in [-0.05, 0) is 53.9 Å². The number of carbonyl (C=O) groups is 1. The summed E-state index contributed by atoms with van der Waals surface area (Å²) in [7, 11) is 3.25. The number of aromatic hydroxyl groups is 1. The lowest BCUT2D eigenvalue weighted by Crippen LogP contribution is -2.38. The minimum Gasteiger partial charge on any atom is -0.508 e. The average Bonchev–Trinajstić information content (AvgIpc) is 2.77. The van der Waals surface area contributed by atoms with E-state index in [0.717, 1.165) is 41.4 Å². The first kappa shape index (κ1) is 19.1. The summed E-state index contributed by atoms with van der Waals surface area (Å²) >= 11 is 0. The lowest BCUT2D eigenvalue weighted by molar-refractivity contribution is 0.0907. The van der Waals surface area contributed by atoms with Crippen LogP contribution >= 0.6 is 0 Å². The number of ether oxygens (including phenoxy) is 2. The third-order valence-corrected chi connectivity index (χ3v) is 5.63. The molecule has 1 unspecified atom stereocenters. The fraction of sp³-hybridized carbons (Fsp3) is 0.292. The molecule has 5 nitrogen and oxygen atoms in total. The average molecular weight is 391 g/mol. The monoisotopic (exact) mass is 391 g/mol. The number of Topliss-reactive ketones (excluding diaryl/α,β-unsaturated/α-hetero) is 1. The Morgan fingerprint density at radius 3 is 2.52 bits per heavy atom. The van der Waals surface area contributed by atoms with E-state index in [1.807, 2.05) is 42.5 Å². The third kappa shape index (κ3) is 3.86.